The predicted molar refractivity (Wildman–Crippen MR) is 67.0 cm³/mol. The summed E-state index contributed by atoms with van der Waals surface area (Å²) in [5.74, 6) is 0. The molecule has 15 heavy (non-hydrogen) atoms. The summed E-state index contributed by atoms with van der Waals surface area (Å²) >= 11 is 0. The summed E-state index contributed by atoms with van der Waals surface area (Å²) in [4.78, 5) is 0. The van der Waals surface area contributed by atoms with Crippen LogP contribution in [-0.4, -0.2) is 24.7 Å². The SMILES string of the molecule is CC(CP)OC1OC1C(C)(C)C(C)(C)C. The zero-order chi connectivity index (χ0) is 11.9. The number of ether oxygens (including phenoxy) is 2. The molecule has 0 bridgehead atoms. The van der Waals surface area contributed by atoms with Gasteiger partial charge in [0.15, 0.2) is 6.29 Å². The topological polar surface area (TPSA) is 21.8 Å². The van der Waals surface area contributed by atoms with Crippen molar-refractivity contribution in [3.63, 3.8) is 0 Å². The summed E-state index contributed by atoms with van der Waals surface area (Å²) in [6, 6.07) is 0. The van der Waals surface area contributed by atoms with Gasteiger partial charge in [-0.1, -0.05) is 34.6 Å². The van der Waals surface area contributed by atoms with Crippen LogP contribution in [0.1, 0.15) is 41.5 Å². The lowest BCUT2D eigenvalue weighted by Gasteiger charge is -2.37. The van der Waals surface area contributed by atoms with Crippen LogP contribution in [-0.2, 0) is 9.47 Å². The molecule has 1 aliphatic heterocycles. The molecule has 1 saturated heterocycles. The Bertz CT molecular complexity index is 220. The highest BCUT2D eigenvalue weighted by molar-refractivity contribution is 7.16. The Labute approximate surface area is 96.3 Å². The summed E-state index contributed by atoms with van der Waals surface area (Å²) in [6.07, 6.45) is 1.48. The summed E-state index contributed by atoms with van der Waals surface area (Å²) in [5, 5.41) is 0. The Hall–Kier alpha value is 0.350. The maximum Gasteiger partial charge on any atom is 0.185 e. The van der Waals surface area contributed by atoms with Crippen molar-refractivity contribution in [1.82, 2.24) is 0 Å². The van der Waals surface area contributed by atoms with Crippen LogP contribution in [0.3, 0.4) is 0 Å². The van der Waals surface area contributed by atoms with E-state index in [4.69, 9.17) is 9.47 Å². The van der Waals surface area contributed by atoms with Gasteiger partial charge in [-0.05, 0) is 18.5 Å². The summed E-state index contributed by atoms with van der Waals surface area (Å²) < 4.78 is 11.4. The molecule has 0 N–H and O–H groups in total. The summed E-state index contributed by atoms with van der Waals surface area (Å²) in [6.45, 7) is 13.4. The Morgan fingerprint density at radius 1 is 1.27 bits per heavy atom. The molecule has 0 amide bonds. The fourth-order valence-electron chi connectivity index (χ4n) is 1.42. The van der Waals surface area contributed by atoms with E-state index in [1.54, 1.807) is 0 Å². The van der Waals surface area contributed by atoms with Gasteiger partial charge < -0.3 is 9.47 Å². The molecule has 0 radical (unpaired) electrons. The van der Waals surface area contributed by atoms with Crippen molar-refractivity contribution in [2.24, 2.45) is 10.8 Å². The zero-order valence-corrected chi connectivity index (χ0v) is 12.0. The Morgan fingerprint density at radius 3 is 2.20 bits per heavy atom. The minimum absolute atomic E-state index is 0.00905. The molecule has 0 aliphatic carbocycles. The fourth-order valence-corrected chi connectivity index (χ4v) is 1.54. The first-order valence-corrected chi connectivity index (χ1v) is 6.53. The molecule has 0 aromatic heterocycles. The number of hydrogen-bond acceptors (Lipinski definition) is 2. The second-order valence-corrected chi connectivity index (χ2v) is 6.55. The first-order chi connectivity index (χ1) is 6.70. The molecular weight excluding hydrogens is 207 g/mol. The quantitative estimate of drug-likeness (QED) is 0.549. The van der Waals surface area contributed by atoms with Crippen LogP contribution in [0.2, 0.25) is 0 Å². The lowest BCUT2D eigenvalue weighted by atomic mass is 9.67. The molecule has 3 heteroatoms. The lowest BCUT2D eigenvalue weighted by molar-refractivity contribution is 0.00940. The smallest absolute Gasteiger partial charge is 0.185 e. The lowest BCUT2D eigenvalue weighted by Crippen LogP contribution is -2.36. The van der Waals surface area contributed by atoms with Crippen LogP contribution < -0.4 is 0 Å². The zero-order valence-electron chi connectivity index (χ0n) is 10.8. The predicted octanol–water partition coefficient (Wildman–Crippen LogP) is 3.06. The van der Waals surface area contributed by atoms with Crippen LogP contribution in [0.4, 0.5) is 0 Å². The molecule has 0 spiro atoms. The van der Waals surface area contributed by atoms with E-state index in [0.717, 1.165) is 6.16 Å². The highest BCUT2D eigenvalue weighted by Crippen LogP contribution is 2.50. The van der Waals surface area contributed by atoms with Gasteiger partial charge in [-0.15, -0.1) is 9.24 Å². The molecule has 4 atom stereocenters. The van der Waals surface area contributed by atoms with E-state index >= 15 is 0 Å². The number of hydrogen-bond donors (Lipinski definition) is 0. The number of epoxide rings is 1. The van der Waals surface area contributed by atoms with Crippen molar-refractivity contribution in [3.05, 3.63) is 0 Å². The molecule has 4 unspecified atom stereocenters. The maximum absolute atomic E-state index is 5.76. The maximum atomic E-state index is 5.76. The third-order valence-corrected chi connectivity index (χ3v) is 4.46. The van der Waals surface area contributed by atoms with E-state index in [-0.39, 0.29) is 29.3 Å². The largest absolute Gasteiger partial charge is 0.347 e. The molecule has 1 rings (SSSR count). The number of rotatable bonds is 4. The highest BCUT2D eigenvalue weighted by Gasteiger charge is 2.55. The van der Waals surface area contributed by atoms with Gasteiger partial charge >= 0.3 is 0 Å². The van der Waals surface area contributed by atoms with Gasteiger partial charge in [-0.25, -0.2) is 0 Å². The third kappa shape index (κ3) is 2.93. The molecule has 1 aliphatic rings. The van der Waals surface area contributed by atoms with Crippen LogP contribution in [0.5, 0.6) is 0 Å². The van der Waals surface area contributed by atoms with Gasteiger partial charge in [0.25, 0.3) is 0 Å². The summed E-state index contributed by atoms with van der Waals surface area (Å²) in [7, 11) is 2.70. The van der Waals surface area contributed by atoms with E-state index in [9.17, 15) is 0 Å². The normalized spacial score (nSPS) is 29.0. The van der Waals surface area contributed by atoms with Crippen molar-refractivity contribution in [3.8, 4) is 0 Å². The van der Waals surface area contributed by atoms with Gasteiger partial charge in [0.2, 0.25) is 0 Å². The molecule has 90 valence electrons. The second-order valence-electron chi connectivity index (χ2n) is 6.08. The van der Waals surface area contributed by atoms with Crippen molar-refractivity contribution in [2.75, 3.05) is 6.16 Å². The molecule has 2 nitrogen and oxygen atoms in total. The van der Waals surface area contributed by atoms with E-state index in [1.165, 1.54) is 0 Å². The van der Waals surface area contributed by atoms with E-state index < -0.39 is 0 Å². The van der Waals surface area contributed by atoms with Crippen LogP contribution in [0.25, 0.3) is 0 Å². The van der Waals surface area contributed by atoms with Gasteiger partial charge in [-0.3, -0.25) is 0 Å². The standard InChI is InChI=1S/C12H25O2P/c1-8(7-15)13-10-9(14-10)12(5,6)11(2,3)4/h8-10H,7,15H2,1-6H3. The van der Waals surface area contributed by atoms with Crippen LogP contribution in [0.15, 0.2) is 0 Å². The van der Waals surface area contributed by atoms with Gasteiger partial charge in [0.05, 0.1) is 6.10 Å². The van der Waals surface area contributed by atoms with Crippen molar-refractivity contribution < 1.29 is 9.47 Å². The molecule has 0 aromatic carbocycles. The average molecular weight is 232 g/mol. The van der Waals surface area contributed by atoms with Crippen molar-refractivity contribution >= 4 is 9.24 Å². The molecule has 1 fully saturated rings. The van der Waals surface area contributed by atoms with Crippen molar-refractivity contribution in [1.29, 1.82) is 0 Å². The van der Waals surface area contributed by atoms with Gasteiger partial charge in [0.1, 0.15) is 6.10 Å². The van der Waals surface area contributed by atoms with Crippen LogP contribution in [0, 0.1) is 10.8 Å². The minimum atomic E-state index is 0.00905. The minimum Gasteiger partial charge on any atom is -0.347 e. The Kier molecular flexibility index (Phi) is 3.86. The van der Waals surface area contributed by atoms with Gasteiger partial charge in [0, 0.05) is 5.41 Å². The monoisotopic (exact) mass is 232 g/mol. The Morgan fingerprint density at radius 2 is 1.80 bits per heavy atom. The van der Waals surface area contributed by atoms with Crippen LogP contribution >= 0.6 is 9.24 Å². The second kappa shape index (κ2) is 4.31. The summed E-state index contributed by atoms with van der Waals surface area (Å²) in [5.41, 5.74) is 0.387. The first kappa shape index (κ1) is 13.4. The Balaban J connectivity index is 2.50. The molecule has 1 heterocycles. The first-order valence-electron chi connectivity index (χ1n) is 5.71. The molecule has 0 aromatic rings. The van der Waals surface area contributed by atoms with E-state index in [2.05, 4.69) is 50.8 Å². The highest BCUT2D eigenvalue weighted by atomic mass is 31.0. The average Bonchev–Trinajstić information content (AvgIpc) is 2.82. The molecular formula is C12H25O2P. The van der Waals surface area contributed by atoms with Crippen molar-refractivity contribution in [2.45, 2.75) is 60.0 Å². The van der Waals surface area contributed by atoms with E-state index in [1.807, 2.05) is 0 Å². The van der Waals surface area contributed by atoms with Gasteiger partial charge in [-0.2, -0.15) is 0 Å². The third-order valence-electron chi connectivity index (χ3n) is 3.79. The fraction of sp³-hybridized carbons (Fsp3) is 1.00. The molecule has 0 saturated carbocycles. The van der Waals surface area contributed by atoms with E-state index in [0.29, 0.717) is 0 Å².